The van der Waals surface area contributed by atoms with Crippen molar-refractivity contribution in [2.24, 2.45) is 10.7 Å². The summed E-state index contributed by atoms with van der Waals surface area (Å²) in [5.74, 6) is 1.64. The molecule has 3 N–H and O–H groups in total. The quantitative estimate of drug-likeness (QED) is 0.352. The molecule has 2 rings (SSSR count). The van der Waals surface area contributed by atoms with Gasteiger partial charge in [0, 0.05) is 15.5 Å². The van der Waals surface area contributed by atoms with E-state index >= 15 is 0 Å². The zero-order valence-corrected chi connectivity index (χ0v) is 18.5. The van der Waals surface area contributed by atoms with E-state index in [2.05, 4.69) is 36.1 Å². The number of nitrogens with zero attached hydrogens (tertiary/aromatic N) is 2. The van der Waals surface area contributed by atoms with Gasteiger partial charge in [-0.05, 0) is 24.6 Å². The lowest BCUT2D eigenvalue weighted by Gasteiger charge is -2.16. The number of nitrogens with two attached hydrogens (primary N) is 1. The summed E-state index contributed by atoms with van der Waals surface area (Å²) in [5, 5.41) is 4.27. The van der Waals surface area contributed by atoms with Crippen molar-refractivity contribution in [2.45, 2.75) is 45.7 Å². The van der Waals surface area contributed by atoms with Crippen LogP contribution < -0.4 is 11.1 Å². The van der Waals surface area contributed by atoms with Gasteiger partial charge in [-0.2, -0.15) is 0 Å². The number of halogens is 3. The van der Waals surface area contributed by atoms with Crippen molar-refractivity contribution < 1.29 is 4.42 Å². The third-order valence-electron chi connectivity index (χ3n) is 3.47. The predicted molar refractivity (Wildman–Crippen MR) is 114 cm³/mol. The Bertz CT molecular complexity index is 740. The molecule has 1 aromatic carbocycles. The summed E-state index contributed by atoms with van der Waals surface area (Å²) in [6, 6.07) is 5.24. The summed E-state index contributed by atoms with van der Waals surface area (Å²) in [5.41, 5.74) is 6.74. The number of hydrogen-bond donors (Lipinski definition) is 2. The molecular weight excluding hydrogens is 474 g/mol. The molecule has 138 valence electrons. The van der Waals surface area contributed by atoms with Crippen LogP contribution in [0.4, 0.5) is 0 Å². The molecule has 0 aliphatic carbocycles. The molecule has 0 aliphatic rings. The zero-order valence-electron chi connectivity index (χ0n) is 14.6. The van der Waals surface area contributed by atoms with Crippen LogP contribution in [0.25, 0.3) is 0 Å². The molecule has 5 nitrogen and oxygen atoms in total. The number of aliphatic imine (C=N–C) groups is 1. The van der Waals surface area contributed by atoms with E-state index in [0.29, 0.717) is 21.9 Å². The average molecular weight is 497 g/mol. The number of aromatic nitrogens is 1. The monoisotopic (exact) mass is 496 g/mol. The molecule has 2 aromatic rings. The lowest BCUT2D eigenvalue weighted by Crippen LogP contribution is -2.34. The molecule has 0 spiro atoms. The molecule has 0 saturated heterocycles. The molecule has 1 heterocycles. The second-order valence-electron chi connectivity index (χ2n) is 6.60. The smallest absolute Gasteiger partial charge is 0.216 e. The summed E-state index contributed by atoms with van der Waals surface area (Å²) >= 11 is 12.1. The third-order valence-corrected chi connectivity index (χ3v) is 4.03. The topological polar surface area (TPSA) is 76.4 Å². The minimum atomic E-state index is -0.104. The summed E-state index contributed by atoms with van der Waals surface area (Å²) in [4.78, 5) is 8.48. The average Bonchev–Trinajstić information content (AvgIpc) is 2.93. The first-order valence-corrected chi connectivity index (χ1v) is 8.39. The highest BCUT2D eigenvalue weighted by molar-refractivity contribution is 14.0. The van der Waals surface area contributed by atoms with Crippen LogP contribution >= 0.6 is 47.2 Å². The number of guanidine groups is 1. The summed E-state index contributed by atoms with van der Waals surface area (Å²) in [7, 11) is 0. The fraction of sp³-hybridized carbons (Fsp3) is 0.412. The molecular formula is C17H23Cl2IN4O. The SMILES string of the molecule is CC(NC(N)=NCc1ncc(C(C)(C)C)o1)c1ccc(Cl)cc1Cl.I. The van der Waals surface area contributed by atoms with E-state index in [0.717, 1.165) is 11.3 Å². The maximum absolute atomic E-state index is 6.20. The molecule has 1 aromatic heterocycles. The molecule has 8 heteroatoms. The van der Waals surface area contributed by atoms with Crippen molar-refractivity contribution in [1.29, 1.82) is 0 Å². The Balaban J connectivity index is 0.00000312. The van der Waals surface area contributed by atoms with Gasteiger partial charge in [-0.1, -0.05) is 50.0 Å². The number of nitrogens with one attached hydrogen (secondary N) is 1. The van der Waals surface area contributed by atoms with Crippen molar-refractivity contribution >= 4 is 53.1 Å². The van der Waals surface area contributed by atoms with Gasteiger partial charge in [0.25, 0.3) is 0 Å². The van der Waals surface area contributed by atoms with E-state index in [4.69, 9.17) is 33.4 Å². The minimum absolute atomic E-state index is 0. The summed E-state index contributed by atoms with van der Waals surface area (Å²) in [6.45, 7) is 8.41. The van der Waals surface area contributed by atoms with Gasteiger partial charge in [-0.15, -0.1) is 24.0 Å². The molecule has 0 aliphatic heterocycles. The fourth-order valence-electron chi connectivity index (χ4n) is 2.08. The standard InChI is InChI=1S/C17H22Cl2N4O.HI/c1-10(12-6-5-11(18)7-13(12)19)23-16(20)22-9-15-21-8-14(24-15)17(2,3)4;/h5-8,10H,9H2,1-4H3,(H3,20,22,23);1H. The van der Waals surface area contributed by atoms with E-state index in [-0.39, 0.29) is 42.0 Å². The summed E-state index contributed by atoms with van der Waals surface area (Å²) < 4.78 is 5.68. The van der Waals surface area contributed by atoms with Gasteiger partial charge in [0.1, 0.15) is 12.3 Å². The second-order valence-corrected chi connectivity index (χ2v) is 7.45. The molecule has 25 heavy (non-hydrogen) atoms. The van der Waals surface area contributed by atoms with E-state index in [1.807, 2.05) is 13.0 Å². The highest BCUT2D eigenvalue weighted by Crippen LogP contribution is 2.26. The molecule has 0 radical (unpaired) electrons. The van der Waals surface area contributed by atoms with Crippen molar-refractivity contribution in [2.75, 3.05) is 0 Å². The normalized spacial score (nSPS) is 13.3. The van der Waals surface area contributed by atoms with E-state index in [1.54, 1.807) is 18.3 Å². The number of benzene rings is 1. The minimum Gasteiger partial charge on any atom is -0.443 e. The van der Waals surface area contributed by atoms with Crippen LogP contribution in [-0.4, -0.2) is 10.9 Å². The first-order chi connectivity index (χ1) is 11.2. The van der Waals surface area contributed by atoms with Crippen molar-refractivity contribution in [3.63, 3.8) is 0 Å². The van der Waals surface area contributed by atoms with Crippen LogP contribution in [-0.2, 0) is 12.0 Å². The molecule has 0 fully saturated rings. The Morgan fingerprint density at radius 1 is 1.36 bits per heavy atom. The maximum atomic E-state index is 6.20. The largest absolute Gasteiger partial charge is 0.443 e. The highest BCUT2D eigenvalue weighted by atomic mass is 127. The zero-order chi connectivity index (χ0) is 17.9. The maximum Gasteiger partial charge on any atom is 0.216 e. The Labute approximate surface area is 175 Å². The van der Waals surface area contributed by atoms with Gasteiger partial charge < -0.3 is 15.5 Å². The van der Waals surface area contributed by atoms with E-state index in [9.17, 15) is 0 Å². The van der Waals surface area contributed by atoms with Gasteiger partial charge in [-0.3, -0.25) is 0 Å². The van der Waals surface area contributed by atoms with E-state index in [1.165, 1.54) is 0 Å². The van der Waals surface area contributed by atoms with Crippen LogP contribution in [0, 0.1) is 0 Å². The van der Waals surface area contributed by atoms with Crippen LogP contribution in [0.5, 0.6) is 0 Å². The van der Waals surface area contributed by atoms with Crippen LogP contribution in [0.3, 0.4) is 0 Å². The van der Waals surface area contributed by atoms with Crippen molar-refractivity contribution in [3.8, 4) is 0 Å². The van der Waals surface area contributed by atoms with Gasteiger partial charge in [0.05, 0.1) is 12.2 Å². The van der Waals surface area contributed by atoms with Gasteiger partial charge in [0.2, 0.25) is 5.89 Å². The Kier molecular flexibility index (Phi) is 8.02. The van der Waals surface area contributed by atoms with Crippen molar-refractivity contribution in [1.82, 2.24) is 10.3 Å². The third kappa shape index (κ3) is 6.34. The van der Waals surface area contributed by atoms with Crippen molar-refractivity contribution in [3.05, 3.63) is 51.7 Å². The van der Waals surface area contributed by atoms with Crippen LogP contribution in [0.1, 0.15) is 51.0 Å². The molecule has 0 amide bonds. The van der Waals surface area contributed by atoms with E-state index < -0.39 is 0 Å². The number of oxazole rings is 1. The number of hydrogen-bond acceptors (Lipinski definition) is 3. The van der Waals surface area contributed by atoms with Crippen LogP contribution in [0.15, 0.2) is 33.8 Å². The number of rotatable bonds is 4. The van der Waals surface area contributed by atoms with Gasteiger partial charge in [0.15, 0.2) is 5.96 Å². The fourth-order valence-corrected chi connectivity index (χ4v) is 2.65. The van der Waals surface area contributed by atoms with Gasteiger partial charge in [-0.25, -0.2) is 9.98 Å². The Morgan fingerprint density at radius 3 is 2.60 bits per heavy atom. The lowest BCUT2D eigenvalue weighted by molar-refractivity contribution is 0.383. The first kappa shape index (κ1) is 22.1. The molecule has 0 bridgehead atoms. The molecule has 1 unspecified atom stereocenters. The van der Waals surface area contributed by atoms with Crippen LogP contribution in [0.2, 0.25) is 10.0 Å². The molecule has 1 atom stereocenters. The second kappa shape index (κ2) is 9.09. The lowest BCUT2D eigenvalue weighted by atomic mass is 9.94. The molecule has 0 saturated carbocycles. The highest BCUT2D eigenvalue weighted by Gasteiger charge is 2.19. The van der Waals surface area contributed by atoms with Gasteiger partial charge >= 0.3 is 0 Å². The Hall–Kier alpha value is -0.990. The first-order valence-electron chi connectivity index (χ1n) is 7.63. The predicted octanol–water partition coefficient (Wildman–Crippen LogP) is 5.06. The Morgan fingerprint density at radius 2 is 2.04 bits per heavy atom. The summed E-state index contributed by atoms with van der Waals surface area (Å²) in [6.07, 6.45) is 1.73.